The second-order valence-corrected chi connectivity index (χ2v) is 5.67. The van der Waals surface area contributed by atoms with Gasteiger partial charge in [-0.05, 0) is 23.3 Å². The van der Waals surface area contributed by atoms with Crippen LogP contribution in [0.25, 0.3) is 10.8 Å². The van der Waals surface area contributed by atoms with Crippen LogP contribution in [0, 0.1) is 0 Å². The standard InChI is InChI=1S/C19H22N2O4/c1-2-25-18(23)11-10-17(22)21-16(19(20)24)12-14-8-5-7-13-6-3-4-9-15(13)14/h3-9,16H,2,10-12H2,1H3,(H2,20,24)(H,21,22)/t16-/m1/s1. The molecule has 2 aromatic rings. The molecule has 0 aliphatic heterocycles. The van der Waals surface area contributed by atoms with Crippen LogP contribution in [0.15, 0.2) is 42.5 Å². The Morgan fingerprint density at radius 1 is 1.08 bits per heavy atom. The summed E-state index contributed by atoms with van der Waals surface area (Å²) < 4.78 is 4.78. The van der Waals surface area contributed by atoms with Gasteiger partial charge in [-0.1, -0.05) is 42.5 Å². The molecule has 0 aliphatic rings. The minimum Gasteiger partial charge on any atom is -0.466 e. The average Bonchev–Trinajstić information content (AvgIpc) is 2.60. The molecule has 0 heterocycles. The Kier molecular flexibility index (Phi) is 6.51. The lowest BCUT2D eigenvalue weighted by atomic mass is 9.98. The van der Waals surface area contributed by atoms with E-state index in [9.17, 15) is 14.4 Å². The number of carbonyl (C=O) groups excluding carboxylic acids is 3. The van der Waals surface area contributed by atoms with Gasteiger partial charge in [0.1, 0.15) is 6.04 Å². The summed E-state index contributed by atoms with van der Waals surface area (Å²) in [4.78, 5) is 35.0. The summed E-state index contributed by atoms with van der Waals surface area (Å²) in [6, 6.07) is 12.8. The van der Waals surface area contributed by atoms with E-state index in [0.717, 1.165) is 16.3 Å². The number of hydrogen-bond donors (Lipinski definition) is 2. The number of fused-ring (bicyclic) bond motifs is 1. The number of nitrogens with one attached hydrogen (secondary N) is 1. The van der Waals surface area contributed by atoms with E-state index in [2.05, 4.69) is 5.32 Å². The highest BCUT2D eigenvalue weighted by Gasteiger charge is 2.20. The summed E-state index contributed by atoms with van der Waals surface area (Å²) in [5, 5.41) is 4.67. The van der Waals surface area contributed by atoms with Gasteiger partial charge in [-0.3, -0.25) is 14.4 Å². The van der Waals surface area contributed by atoms with Gasteiger partial charge >= 0.3 is 5.97 Å². The molecule has 6 heteroatoms. The number of amides is 2. The zero-order valence-corrected chi connectivity index (χ0v) is 14.2. The molecule has 1 atom stereocenters. The minimum absolute atomic E-state index is 0.0284. The van der Waals surface area contributed by atoms with Gasteiger partial charge in [-0.15, -0.1) is 0 Å². The summed E-state index contributed by atoms with van der Waals surface area (Å²) in [7, 11) is 0. The smallest absolute Gasteiger partial charge is 0.306 e. The van der Waals surface area contributed by atoms with Crippen molar-refractivity contribution in [1.29, 1.82) is 0 Å². The summed E-state index contributed by atoms with van der Waals surface area (Å²) in [5.74, 6) is -1.46. The van der Waals surface area contributed by atoms with Crippen molar-refractivity contribution >= 4 is 28.6 Å². The van der Waals surface area contributed by atoms with Crippen LogP contribution >= 0.6 is 0 Å². The van der Waals surface area contributed by atoms with Crippen molar-refractivity contribution in [1.82, 2.24) is 5.32 Å². The van der Waals surface area contributed by atoms with Crippen molar-refractivity contribution in [3.63, 3.8) is 0 Å². The fourth-order valence-corrected chi connectivity index (χ4v) is 2.63. The molecule has 2 aromatic carbocycles. The van der Waals surface area contributed by atoms with E-state index in [1.54, 1.807) is 6.92 Å². The molecule has 0 aliphatic carbocycles. The number of hydrogen-bond acceptors (Lipinski definition) is 4. The number of esters is 1. The van der Waals surface area contributed by atoms with Gasteiger partial charge in [0.2, 0.25) is 11.8 Å². The summed E-state index contributed by atoms with van der Waals surface area (Å²) in [5.41, 5.74) is 6.36. The third-order valence-corrected chi connectivity index (χ3v) is 3.84. The first-order valence-electron chi connectivity index (χ1n) is 8.22. The minimum atomic E-state index is -0.833. The maximum Gasteiger partial charge on any atom is 0.306 e. The Morgan fingerprint density at radius 3 is 2.52 bits per heavy atom. The summed E-state index contributed by atoms with van der Waals surface area (Å²) in [6.45, 7) is 1.97. The number of benzene rings is 2. The first kappa shape index (κ1) is 18.4. The SMILES string of the molecule is CCOC(=O)CCC(=O)N[C@H](Cc1cccc2ccccc12)C(N)=O. The van der Waals surface area contributed by atoms with E-state index < -0.39 is 23.8 Å². The predicted octanol–water partition coefficient (Wildman–Crippen LogP) is 1.70. The van der Waals surface area contributed by atoms with Gasteiger partial charge in [0.25, 0.3) is 0 Å². The molecule has 6 nitrogen and oxygen atoms in total. The first-order chi connectivity index (χ1) is 12.0. The molecular formula is C19H22N2O4. The third-order valence-electron chi connectivity index (χ3n) is 3.84. The Bertz CT molecular complexity index is 768. The van der Waals surface area contributed by atoms with Gasteiger partial charge in [0, 0.05) is 12.8 Å². The number of carbonyl (C=O) groups is 3. The fraction of sp³-hybridized carbons (Fsp3) is 0.316. The summed E-state index contributed by atoms with van der Waals surface area (Å²) >= 11 is 0. The zero-order valence-electron chi connectivity index (χ0n) is 14.2. The molecule has 0 fully saturated rings. The zero-order chi connectivity index (χ0) is 18.2. The second kappa shape index (κ2) is 8.82. The normalized spacial score (nSPS) is 11.7. The van der Waals surface area contributed by atoms with E-state index in [1.165, 1.54) is 0 Å². The van der Waals surface area contributed by atoms with Crippen LogP contribution in [0.1, 0.15) is 25.3 Å². The van der Waals surface area contributed by atoms with Crippen LogP contribution in [0.2, 0.25) is 0 Å². The molecule has 0 bridgehead atoms. The van der Waals surface area contributed by atoms with Crippen LogP contribution in [-0.4, -0.2) is 30.4 Å². The molecule has 132 valence electrons. The maximum atomic E-state index is 12.0. The number of ether oxygens (including phenoxy) is 1. The van der Waals surface area contributed by atoms with Crippen molar-refractivity contribution in [3.05, 3.63) is 48.0 Å². The third kappa shape index (κ3) is 5.31. The van der Waals surface area contributed by atoms with Gasteiger partial charge in [0.15, 0.2) is 0 Å². The summed E-state index contributed by atoms with van der Waals surface area (Å²) in [6.07, 6.45) is 0.222. The number of rotatable bonds is 8. The van der Waals surface area contributed by atoms with Crippen molar-refractivity contribution in [3.8, 4) is 0 Å². The molecule has 0 radical (unpaired) electrons. The van der Waals surface area contributed by atoms with Crippen LogP contribution in [0.4, 0.5) is 0 Å². The van der Waals surface area contributed by atoms with Crippen LogP contribution in [-0.2, 0) is 25.5 Å². The van der Waals surface area contributed by atoms with Gasteiger partial charge in [-0.2, -0.15) is 0 Å². The number of nitrogens with two attached hydrogens (primary N) is 1. The van der Waals surface area contributed by atoms with Crippen LogP contribution < -0.4 is 11.1 Å². The Labute approximate surface area is 146 Å². The maximum absolute atomic E-state index is 12.0. The first-order valence-corrected chi connectivity index (χ1v) is 8.22. The monoisotopic (exact) mass is 342 g/mol. The van der Waals surface area contributed by atoms with E-state index in [0.29, 0.717) is 6.42 Å². The fourth-order valence-electron chi connectivity index (χ4n) is 2.63. The molecule has 0 saturated heterocycles. The van der Waals surface area contributed by atoms with Gasteiger partial charge < -0.3 is 15.8 Å². The molecule has 2 amide bonds. The van der Waals surface area contributed by atoms with E-state index in [-0.39, 0.29) is 19.4 Å². The average molecular weight is 342 g/mol. The largest absolute Gasteiger partial charge is 0.466 e. The van der Waals surface area contributed by atoms with Crippen molar-refractivity contribution in [2.75, 3.05) is 6.61 Å². The highest BCUT2D eigenvalue weighted by molar-refractivity contribution is 5.90. The number of primary amides is 1. The van der Waals surface area contributed by atoms with Crippen molar-refractivity contribution < 1.29 is 19.1 Å². The molecule has 0 saturated carbocycles. The Morgan fingerprint density at radius 2 is 1.80 bits per heavy atom. The van der Waals surface area contributed by atoms with E-state index >= 15 is 0 Å². The quantitative estimate of drug-likeness (QED) is 0.713. The lowest BCUT2D eigenvalue weighted by molar-refractivity contribution is -0.144. The van der Waals surface area contributed by atoms with Gasteiger partial charge in [-0.25, -0.2) is 0 Å². The molecular weight excluding hydrogens is 320 g/mol. The van der Waals surface area contributed by atoms with E-state index in [1.807, 2.05) is 42.5 Å². The molecule has 0 unspecified atom stereocenters. The predicted molar refractivity (Wildman–Crippen MR) is 94.6 cm³/mol. The van der Waals surface area contributed by atoms with E-state index in [4.69, 9.17) is 10.5 Å². The van der Waals surface area contributed by atoms with Crippen molar-refractivity contribution in [2.24, 2.45) is 5.73 Å². The molecule has 0 spiro atoms. The van der Waals surface area contributed by atoms with Crippen LogP contribution in [0.5, 0.6) is 0 Å². The Balaban J connectivity index is 2.04. The highest BCUT2D eigenvalue weighted by atomic mass is 16.5. The topological polar surface area (TPSA) is 98.5 Å². The second-order valence-electron chi connectivity index (χ2n) is 5.67. The molecule has 2 rings (SSSR count). The van der Waals surface area contributed by atoms with Crippen LogP contribution in [0.3, 0.4) is 0 Å². The lowest BCUT2D eigenvalue weighted by Crippen LogP contribution is -2.45. The molecule has 3 N–H and O–H groups in total. The molecule has 0 aromatic heterocycles. The lowest BCUT2D eigenvalue weighted by Gasteiger charge is -2.17. The van der Waals surface area contributed by atoms with Gasteiger partial charge in [0.05, 0.1) is 13.0 Å². The molecule has 25 heavy (non-hydrogen) atoms. The van der Waals surface area contributed by atoms with Crippen molar-refractivity contribution in [2.45, 2.75) is 32.2 Å². The Hall–Kier alpha value is -2.89. The highest BCUT2D eigenvalue weighted by Crippen LogP contribution is 2.19.